The molecule has 0 aliphatic carbocycles. The van der Waals surface area contributed by atoms with Gasteiger partial charge in [0, 0.05) is 0 Å². The van der Waals surface area contributed by atoms with E-state index in [0.29, 0.717) is 0 Å². The van der Waals surface area contributed by atoms with E-state index in [-0.39, 0.29) is 5.57 Å². The Morgan fingerprint density at radius 2 is 1.64 bits per heavy atom. The molecule has 5 heteroatoms. The number of hydrogen-bond acceptors (Lipinski definition) is 3. The van der Waals surface area contributed by atoms with Crippen LogP contribution in [0, 0.1) is 0 Å². The third kappa shape index (κ3) is 2.29. The van der Waals surface area contributed by atoms with Crippen molar-refractivity contribution in [2.75, 3.05) is 7.11 Å². The summed E-state index contributed by atoms with van der Waals surface area (Å²) in [5.41, 5.74) is -0.319. The zero-order chi connectivity index (χ0) is 9.02. The Kier molecular flexibility index (Phi) is 3.10. The second-order valence-electron chi connectivity index (χ2n) is 1.77. The van der Waals surface area contributed by atoms with E-state index in [1.54, 1.807) is 0 Å². The number of rotatable bonds is 3. The Hall–Kier alpha value is -1.52. The number of hydrogen-bond donors (Lipinski definition) is 2. The van der Waals surface area contributed by atoms with Crippen LogP contribution in [-0.2, 0) is 14.3 Å². The molecule has 0 aromatic rings. The van der Waals surface area contributed by atoms with Gasteiger partial charge in [0.2, 0.25) is 5.76 Å². The first kappa shape index (κ1) is 9.48. The summed E-state index contributed by atoms with van der Waals surface area (Å²) >= 11 is 0. The van der Waals surface area contributed by atoms with Crippen molar-refractivity contribution in [3.05, 3.63) is 11.3 Å². The van der Waals surface area contributed by atoms with E-state index >= 15 is 0 Å². The highest BCUT2D eigenvalue weighted by Gasteiger charge is 2.16. The van der Waals surface area contributed by atoms with Crippen molar-refractivity contribution in [1.82, 2.24) is 0 Å². The summed E-state index contributed by atoms with van der Waals surface area (Å²) < 4.78 is 4.33. The quantitative estimate of drug-likeness (QED) is 0.451. The molecule has 2 N–H and O–H groups in total. The van der Waals surface area contributed by atoms with E-state index in [2.05, 4.69) is 4.74 Å². The predicted octanol–water partition coefficient (Wildman–Crippen LogP) is 0.0760. The Morgan fingerprint density at radius 1 is 1.18 bits per heavy atom. The molecule has 5 nitrogen and oxygen atoms in total. The van der Waals surface area contributed by atoms with Gasteiger partial charge in [0.25, 0.3) is 0 Å². The molecule has 0 atom stereocenters. The maximum Gasteiger partial charge on any atom is 0.371 e. The average Bonchev–Trinajstić information content (AvgIpc) is 1.88. The van der Waals surface area contributed by atoms with E-state index in [9.17, 15) is 9.59 Å². The lowest BCUT2D eigenvalue weighted by Crippen LogP contribution is -2.10. The van der Waals surface area contributed by atoms with Crippen LogP contribution in [0.5, 0.6) is 0 Å². The molecule has 0 spiro atoms. The molecule has 0 amide bonds. The van der Waals surface area contributed by atoms with Crippen molar-refractivity contribution in [1.29, 1.82) is 0 Å². The van der Waals surface area contributed by atoms with Crippen LogP contribution in [0.4, 0.5) is 0 Å². The molecule has 11 heavy (non-hydrogen) atoms. The van der Waals surface area contributed by atoms with Crippen molar-refractivity contribution in [2.24, 2.45) is 0 Å². The molecule has 0 heterocycles. The fourth-order valence-electron chi connectivity index (χ4n) is 0.498. The minimum Gasteiger partial charge on any atom is -0.490 e. The highest BCUT2D eigenvalue weighted by Crippen LogP contribution is 2.04. The zero-order valence-corrected chi connectivity index (χ0v) is 6.12. The van der Waals surface area contributed by atoms with Gasteiger partial charge in [0.05, 0.1) is 12.7 Å². The Morgan fingerprint density at radius 3 is 1.73 bits per heavy atom. The summed E-state index contributed by atoms with van der Waals surface area (Å²) in [5.74, 6) is -3.23. The Balaban J connectivity index is 4.83. The van der Waals surface area contributed by atoms with Gasteiger partial charge in [-0.2, -0.15) is 0 Å². The first-order valence-electron chi connectivity index (χ1n) is 2.72. The third-order valence-corrected chi connectivity index (χ3v) is 1.06. The van der Waals surface area contributed by atoms with Gasteiger partial charge >= 0.3 is 11.9 Å². The van der Waals surface area contributed by atoms with Crippen LogP contribution in [0.1, 0.15) is 6.92 Å². The summed E-state index contributed by atoms with van der Waals surface area (Å²) in [7, 11) is 1.11. The van der Waals surface area contributed by atoms with E-state index in [4.69, 9.17) is 10.2 Å². The first-order chi connectivity index (χ1) is 5.00. The number of carboxylic acid groups (broad SMARTS) is 2. The van der Waals surface area contributed by atoms with Gasteiger partial charge in [-0.25, -0.2) is 9.59 Å². The van der Waals surface area contributed by atoms with Crippen LogP contribution >= 0.6 is 0 Å². The molecule has 0 fully saturated rings. The summed E-state index contributed by atoms with van der Waals surface area (Å²) in [6, 6.07) is 0. The normalized spacial score (nSPS) is 11.8. The van der Waals surface area contributed by atoms with E-state index in [1.165, 1.54) is 0 Å². The number of carbonyl (C=O) groups is 2. The number of carboxylic acids is 2. The van der Waals surface area contributed by atoms with Crippen molar-refractivity contribution in [3.8, 4) is 0 Å². The van der Waals surface area contributed by atoms with Crippen LogP contribution in [0.2, 0.25) is 0 Å². The summed E-state index contributed by atoms with van der Waals surface area (Å²) in [4.78, 5) is 20.4. The summed E-state index contributed by atoms with van der Waals surface area (Å²) in [5, 5.41) is 16.7. The number of ether oxygens (including phenoxy) is 1. The molecule has 62 valence electrons. The molecular formula is C6H8O5. The van der Waals surface area contributed by atoms with Gasteiger partial charge in [0.15, 0.2) is 0 Å². The highest BCUT2D eigenvalue weighted by molar-refractivity contribution is 5.96. The standard InChI is InChI=1S/C6H8O5/c1-3(5(7)8)4(11-2)6(9)10/h1-2H3,(H,7,8)(H,9,10)/b4-3+. The fraction of sp³-hybridized carbons (Fsp3) is 0.333. The smallest absolute Gasteiger partial charge is 0.371 e. The monoisotopic (exact) mass is 160 g/mol. The molecule has 0 saturated carbocycles. The topological polar surface area (TPSA) is 83.8 Å². The average molecular weight is 160 g/mol. The SMILES string of the molecule is CO/C(C(=O)O)=C(\C)C(=O)O. The minimum atomic E-state index is -1.38. The zero-order valence-electron chi connectivity index (χ0n) is 6.12. The molecule has 0 rings (SSSR count). The third-order valence-electron chi connectivity index (χ3n) is 1.06. The maximum absolute atomic E-state index is 10.2. The van der Waals surface area contributed by atoms with Gasteiger partial charge in [-0.1, -0.05) is 0 Å². The van der Waals surface area contributed by atoms with Crippen molar-refractivity contribution in [2.45, 2.75) is 6.92 Å². The molecule has 0 aliphatic rings. The lowest BCUT2D eigenvalue weighted by Gasteiger charge is -2.01. The van der Waals surface area contributed by atoms with Crippen LogP contribution < -0.4 is 0 Å². The van der Waals surface area contributed by atoms with Crippen LogP contribution in [0.25, 0.3) is 0 Å². The lowest BCUT2D eigenvalue weighted by molar-refractivity contribution is -0.138. The van der Waals surface area contributed by atoms with Gasteiger partial charge in [-0.3, -0.25) is 0 Å². The lowest BCUT2D eigenvalue weighted by atomic mass is 10.2. The van der Waals surface area contributed by atoms with Crippen molar-refractivity contribution in [3.63, 3.8) is 0 Å². The molecule has 0 aromatic heterocycles. The second kappa shape index (κ2) is 3.60. The second-order valence-corrected chi connectivity index (χ2v) is 1.77. The van der Waals surface area contributed by atoms with E-state index in [1.807, 2.05) is 0 Å². The Labute approximate surface area is 62.9 Å². The molecule has 0 unspecified atom stereocenters. The van der Waals surface area contributed by atoms with Gasteiger partial charge in [0.1, 0.15) is 0 Å². The van der Waals surface area contributed by atoms with Gasteiger partial charge in [-0.15, -0.1) is 0 Å². The van der Waals surface area contributed by atoms with Crippen LogP contribution in [-0.4, -0.2) is 29.3 Å². The summed E-state index contributed by atoms with van der Waals surface area (Å²) in [6.07, 6.45) is 0. The Bertz CT molecular complexity index is 215. The largest absolute Gasteiger partial charge is 0.490 e. The molecule has 0 radical (unpaired) electrons. The number of aliphatic carboxylic acids is 2. The van der Waals surface area contributed by atoms with Gasteiger partial charge in [-0.05, 0) is 6.92 Å². The fourth-order valence-corrected chi connectivity index (χ4v) is 0.498. The molecule has 0 saturated heterocycles. The molecule has 0 aromatic carbocycles. The maximum atomic E-state index is 10.2. The van der Waals surface area contributed by atoms with Crippen LogP contribution in [0.15, 0.2) is 11.3 Å². The van der Waals surface area contributed by atoms with Crippen molar-refractivity contribution >= 4 is 11.9 Å². The van der Waals surface area contributed by atoms with Crippen molar-refractivity contribution < 1.29 is 24.5 Å². The van der Waals surface area contributed by atoms with E-state index in [0.717, 1.165) is 14.0 Å². The molecular weight excluding hydrogens is 152 g/mol. The first-order valence-corrected chi connectivity index (χ1v) is 2.72. The van der Waals surface area contributed by atoms with Gasteiger partial charge < -0.3 is 14.9 Å². The summed E-state index contributed by atoms with van der Waals surface area (Å²) in [6.45, 7) is 1.16. The number of methoxy groups -OCH3 is 1. The highest BCUT2D eigenvalue weighted by atomic mass is 16.5. The predicted molar refractivity (Wildman–Crippen MR) is 35.0 cm³/mol. The van der Waals surface area contributed by atoms with E-state index < -0.39 is 17.7 Å². The van der Waals surface area contributed by atoms with Crippen LogP contribution in [0.3, 0.4) is 0 Å². The molecule has 0 aliphatic heterocycles. The molecule has 0 bridgehead atoms. The minimum absolute atomic E-state index is 0.319.